The van der Waals surface area contributed by atoms with E-state index in [0.29, 0.717) is 0 Å². The Morgan fingerprint density at radius 1 is 1.04 bits per heavy atom. The molecule has 5 heteroatoms. The fraction of sp³-hybridized carbons (Fsp3) is 0.222. The summed E-state index contributed by atoms with van der Waals surface area (Å²) in [6.45, 7) is 1.83. The molecule has 1 radical (unpaired) electrons. The third-order valence-electron chi connectivity index (χ3n) is 3.78. The van der Waals surface area contributed by atoms with Crippen LogP contribution in [0.2, 0.25) is 0 Å². The van der Waals surface area contributed by atoms with Gasteiger partial charge in [-0.1, -0.05) is 0 Å². The Kier molecular flexibility index (Phi) is 3.81. The lowest BCUT2D eigenvalue weighted by Gasteiger charge is -2.27. The Labute approximate surface area is 138 Å². The number of ether oxygens (including phenoxy) is 3. The minimum Gasteiger partial charge on any atom is -0.497 e. The zero-order valence-electron chi connectivity index (χ0n) is 12.7. The van der Waals surface area contributed by atoms with E-state index in [1.165, 1.54) is 11.3 Å². The van der Waals surface area contributed by atoms with Gasteiger partial charge in [-0.05, 0) is 42.5 Å². The Morgan fingerprint density at radius 3 is 2.48 bits per heavy atom. The van der Waals surface area contributed by atoms with Gasteiger partial charge >= 0.3 is 0 Å². The molecule has 1 aliphatic rings. The van der Waals surface area contributed by atoms with Crippen LogP contribution in [-0.4, -0.2) is 26.3 Å². The lowest BCUT2D eigenvalue weighted by Crippen LogP contribution is -2.50. The average molecular weight is 326 g/mol. The van der Waals surface area contributed by atoms with Crippen LogP contribution in [0.5, 0.6) is 23.0 Å². The van der Waals surface area contributed by atoms with Gasteiger partial charge in [0.15, 0.2) is 5.75 Å². The average Bonchev–Trinajstić information content (AvgIpc) is 2.94. The minimum atomic E-state index is 0.283. The second kappa shape index (κ2) is 6.10. The molecule has 0 amide bonds. The van der Waals surface area contributed by atoms with E-state index in [1.54, 1.807) is 7.11 Å². The molecule has 0 saturated carbocycles. The van der Waals surface area contributed by atoms with E-state index in [1.807, 2.05) is 42.5 Å². The molecule has 1 N–H and O–H groups in total. The number of thiophene rings is 1. The van der Waals surface area contributed by atoms with Crippen LogP contribution in [0.3, 0.4) is 0 Å². The predicted octanol–water partition coefficient (Wildman–Crippen LogP) is 3.85. The monoisotopic (exact) mass is 326 g/mol. The lowest BCUT2D eigenvalue weighted by atomic mass is 10.2. The van der Waals surface area contributed by atoms with Crippen molar-refractivity contribution in [2.24, 2.45) is 0 Å². The van der Waals surface area contributed by atoms with Crippen LogP contribution in [0.15, 0.2) is 42.5 Å². The molecule has 0 bridgehead atoms. The first-order valence-corrected chi connectivity index (χ1v) is 8.27. The van der Waals surface area contributed by atoms with Crippen molar-refractivity contribution in [1.82, 2.24) is 5.32 Å². The van der Waals surface area contributed by atoms with Gasteiger partial charge in [-0.3, -0.25) is 0 Å². The van der Waals surface area contributed by atoms with Crippen molar-refractivity contribution in [1.29, 1.82) is 0 Å². The maximum atomic E-state index is 5.95. The lowest BCUT2D eigenvalue weighted by molar-refractivity contribution is 0.142. The van der Waals surface area contributed by atoms with E-state index < -0.39 is 0 Å². The summed E-state index contributed by atoms with van der Waals surface area (Å²) >= 11 is 1.52. The van der Waals surface area contributed by atoms with Crippen LogP contribution >= 0.6 is 11.3 Å². The van der Waals surface area contributed by atoms with Gasteiger partial charge in [-0.2, -0.15) is 0 Å². The first-order chi connectivity index (χ1) is 11.3. The van der Waals surface area contributed by atoms with Gasteiger partial charge in [0, 0.05) is 23.2 Å². The Bertz CT molecular complexity index is 809. The van der Waals surface area contributed by atoms with Crippen LogP contribution in [0.1, 0.15) is 0 Å². The highest BCUT2D eigenvalue weighted by molar-refractivity contribution is 7.17. The molecular formula is C18H16NO3S. The fourth-order valence-electron chi connectivity index (χ4n) is 2.38. The number of hydrogen-bond acceptors (Lipinski definition) is 5. The number of benzene rings is 2. The summed E-state index contributed by atoms with van der Waals surface area (Å²) in [4.78, 5) is 0. The van der Waals surface area contributed by atoms with Crippen LogP contribution in [0.4, 0.5) is 0 Å². The van der Waals surface area contributed by atoms with Crippen molar-refractivity contribution >= 4 is 21.4 Å². The molecule has 2 heterocycles. The Morgan fingerprint density at radius 2 is 1.78 bits per heavy atom. The number of fused-ring (bicyclic) bond motifs is 1. The maximum Gasteiger partial charge on any atom is 0.154 e. The highest BCUT2D eigenvalue weighted by atomic mass is 32.1. The molecule has 0 aliphatic carbocycles. The van der Waals surface area contributed by atoms with Gasteiger partial charge in [-0.15, -0.1) is 11.3 Å². The summed E-state index contributed by atoms with van der Waals surface area (Å²) < 4.78 is 18.1. The van der Waals surface area contributed by atoms with Gasteiger partial charge in [0.25, 0.3) is 0 Å². The third-order valence-corrected chi connectivity index (χ3v) is 4.62. The second-order valence-electron chi connectivity index (χ2n) is 5.37. The van der Waals surface area contributed by atoms with E-state index in [4.69, 9.17) is 14.2 Å². The molecule has 0 atom stereocenters. The highest BCUT2D eigenvalue weighted by Crippen LogP contribution is 2.36. The molecule has 1 saturated heterocycles. The molecule has 3 aromatic rings. The zero-order valence-corrected chi connectivity index (χ0v) is 13.5. The first kappa shape index (κ1) is 14.4. The highest BCUT2D eigenvalue weighted by Gasteiger charge is 2.18. The molecule has 23 heavy (non-hydrogen) atoms. The van der Waals surface area contributed by atoms with Crippen molar-refractivity contribution in [3.05, 3.63) is 47.8 Å². The standard InChI is InChI=1S/C18H16NO3S/c1-20-14-6-7-16-17(11-23-18(16)8-14)22-13-4-2-12(3-5-13)21-15-9-19-10-15/h2-8,15,19H,9-10H2,1H3. The van der Waals surface area contributed by atoms with Crippen molar-refractivity contribution < 1.29 is 14.2 Å². The van der Waals surface area contributed by atoms with Crippen molar-refractivity contribution in [3.63, 3.8) is 0 Å². The second-order valence-corrected chi connectivity index (χ2v) is 6.21. The van der Waals surface area contributed by atoms with Crippen molar-refractivity contribution in [2.75, 3.05) is 20.2 Å². The van der Waals surface area contributed by atoms with Crippen LogP contribution in [-0.2, 0) is 0 Å². The zero-order chi connectivity index (χ0) is 15.6. The van der Waals surface area contributed by atoms with E-state index in [2.05, 4.69) is 10.7 Å². The SMILES string of the molecule is COc1ccc2c(Oc3ccc(OC4CNC4)cc3)[c]sc2c1. The Hall–Kier alpha value is -2.24. The van der Waals surface area contributed by atoms with Gasteiger partial charge in [-0.25, -0.2) is 0 Å². The molecule has 4 nitrogen and oxygen atoms in total. The number of rotatable bonds is 5. The topological polar surface area (TPSA) is 39.7 Å². The van der Waals surface area contributed by atoms with Crippen molar-refractivity contribution in [3.8, 4) is 23.0 Å². The molecule has 1 aromatic heterocycles. The minimum absolute atomic E-state index is 0.283. The molecule has 1 fully saturated rings. The van der Waals surface area contributed by atoms with Gasteiger partial charge in [0.05, 0.1) is 12.5 Å². The number of hydrogen-bond donors (Lipinski definition) is 1. The predicted molar refractivity (Wildman–Crippen MR) is 91.0 cm³/mol. The largest absolute Gasteiger partial charge is 0.497 e. The third kappa shape index (κ3) is 2.98. The first-order valence-electron chi connectivity index (χ1n) is 7.45. The number of methoxy groups -OCH3 is 1. The van der Waals surface area contributed by atoms with Crippen molar-refractivity contribution in [2.45, 2.75) is 6.10 Å². The molecule has 2 aromatic carbocycles. The Balaban J connectivity index is 1.51. The maximum absolute atomic E-state index is 5.95. The van der Waals surface area contributed by atoms with Crippen LogP contribution < -0.4 is 19.5 Å². The molecular weight excluding hydrogens is 310 g/mol. The molecule has 4 rings (SSSR count). The van der Waals surface area contributed by atoms with Crippen LogP contribution in [0, 0.1) is 5.38 Å². The fourth-order valence-corrected chi connectivity index (χ4v) is 3.18. The quantitative estimate of drug-likeness (QED) is 0.773. The van der Waals surface area contributed by atoms with E-state index in [0.717, 1.165) is 46.2 Å². The molecule has 0 spiro atoms. The van der Waals surface area contributed by atoms with E-state index in [-0.39, 0.29) is 6.10 Å². The smallest absolute Gasteiger partial charge is 0.154 e. The van der Waals surface area contributed by atoms with E-state index in [9.17, 15) is 0 Å². The van der Waals surface area contributed by atoms with Gasteiger partial charge in [0.1, 0.15) is 23.4 Å². The summed E-state index contributed by atoms with van der Waals surface area (Å²) in [5.41, 5.74) is 0. The number of nitrogens with one attached hydrogen (secondary N) is 1. The summed E-state index contributed by atoms with van der Waals surface area (Å²) in [6, 6.07) is 13.6. The van der Waals surface area contributed by atoms with Gasteiger partial charge in [0.2, 0.25) is 0 Å². The molecule has 0 unspecified atom stereocenters. The van der Waals surface area contributed by atoms with Gasteiger partial charge < -0.3 is 19.5 Å². The summed E-state index contributed by atoms with van der Waals surface area (Å²) in [6.07, 6.45) is 0.283. The summed E-state index contributed by atoms with van der Waals surface area (Å²) in [7, 11) is 1.67. The molecule has 117 valence electrons. The van der Waals surface area contributed by atoms with E-state index >= 15 is 0 Å². The van der Waals surface area contributed by atoms with Crippen LogP contribution in [0.25, 0.3) is 10.1 Å². The molecule has 1 aliphatic heterocycles. The normalized spacial score (nSPS) is 14.5. The summed E-state index contributed by atoms with van der Waals surface area (Å²) in [5.74, 6) is 3.22. The summed E-state index contributed by atoms with van der Waals surface area (Å²) in [5, 5.41) is 7.43.